The second kappa shape index (κ2) is 13.3. The first-order valence-corrected chi connectivity index (χ1v) is 11.1. The highest BCUT2D eigenvalue weighted by Gasteiger charge is 2.22. The standard InChI is InChI=1S/C24H34N4O3.HI/c1-4-25-24(27-12-5-11-26-23(29)22-18(3)10-13-30-22)28-15-20-9-6-17(2)14-21(20)31-16-19-7-8-19;/h6,9-10,13-14,19H,4-5,7-8,11-12,15-16H2,1-3H3,(H,26,29)(H2,25,27,28);1H. The number of hydrogen-bond acceptors (Lipinski definition) is 4. The van der Waals surface area contributed by atoms with E-state index in [1.807, 2.05) is 13.8 Å². The Kier molecular flexibility index (Phi) is 10.9. The predicted molar refractivity (Wildman–Crippen MR) is 138 cm³/mol. The normalized spacial score (nSPS) is 13.3. The molecule has 3 rings (SSSR count). The summed E-state index contributed by atoms with van der Waals surface area (Å²) in [6.45, 7) is 9.35. The van der Waals surface area contributed by atoms with Crippen LogP contribution in [0.4, 0.5) is 0 Å². The quantitative estimate of drug-likeness (QED) is 0.168. The van der Waals surface area contributed by atoms with Gasteiger partial charge in [-0.25, -0.2) is 4.99 Å². The van der Waals surface area contributed by atoms with Crippen molar-refractivity contribution in [3.63, 3.8) is 0 Å². The van der Waals surface area contributed by atoms with E-state index in [1.165, 1.54) is 24.7 Å². The van der Waals surface area contributed by atoms with Gasteiger partial charge in [-0.15, -0.1) is 24.0 Å². The summed E-state index contributed by atoms with van der Waals surface area (Å²) in [7, 11) is 0. The second-order valence-corrected chi connectivity index (χ2v) is 8.03. The minimum absolute atomic E-state index is 0. The maximum atomic E-state index is 12.1. The third-order valence-electron chi connectivity index (χ3n) is 5.15. The van der Waals surface area contributed by atoms with E-state index in [0.717, 1.165) is 42.4 Å². The van der Waals surface area contributed by atoms with Crippen LogP contribution in [0.2, 0.25) is 0 Å². The topological polar surface area (TPSA) is 87.9 Å². The van der Waals surface area contributed by atoms with Crippen molar-refractivity contribution in [1.29, 1.82) is 0 Å². The van der Waals surface area contributed by atoms with Gasteiger partial charge in [-0.1, -0.05) is 12.1 Å². The van der Waals surface area contributed by atoms with Crippen molar-refractivity contribution in [3.8, 4) is 5.75 Å². The molecule has 8 heteroatoms. The van der Waals surface area contributed by atoms with E-state index in [2.05, 4.69) is 41.1 Å². The Morgan fingerprint density at radius 3 is 2.62 bits per heavy atom. The summed E-state index contributed by atoms with van der Waals surface area (Å²) in [5.74, 6) is 2.60. The molecule has 0 bridgehead atoms. The average molecular weight is 554 g/mol. The van der Waals surface area contributed by atoms with E-state index < -0.39 is 0 Å². The summed E-state index contributed by atoms with van der Waals surface area (Å²) in [6.07, 6.45) is 4.85. The number of furan rings is 1. The van der Waals surface area contributed by atoms with Crippen molar-refractivity contribution in [1.82, 2.24) is 16.0 Å². The minimum Gasteiger partial charge on any atom is -0.493 e. The third-order valence-corrected chi connectivity index (χ3v) is 5.15. The smallest absolute Gasteiger partial charge is 0.287 e. The molecule has 0 saturated heterocycles. The van der Waals surface area contributed by atoms with Crippen molar-refractivity contribution >= 4 is 35.8 Å². The molecule has 176 valence electrons. The Labute approximate surface area is 207 Å². The summed E-state index contributed by atoms with van der Waals surface area (Å²) < 4.78 is 11.3. The molecule has 1 amide bonds. The Balaban J connectivity index is 0.00000363. The van der Waals surface area contributed by atoms with E-state index in [0.29, 0.717) is 31.3 Å². The number of rotatable bonds is 11. The number of carbonyl (C=O) groups is 1. The van der Waals surface area contributed by atoms with Crippen molar-refractivity contribution in [2.75, 3.05) is 26.2 Å². The fraction of sp³-hybridized carbons (Fsp3) is 0.500. The number of carbonyl (C=O) groups excluding carboxylic acids is 1. The molecular weight excluding hydrogens is 519 g/mol. The predicted octanol–water partition coefficient (Wildman–Crippen LogP) is 4.18. The van der Waals surface area contributed by atoms with Gasteiger partial charge in [0, 0.05) is 30.8 Å². The zero-order chi connectivity index (χ0) is 22.1. The van der Waals surface area contributed by atoms with Crippen LogP contribution in [0.15, 0.2) is 39.9 Å². The maximum Gasteiger partial charge on any atom is 0.287 e. The van der Waals surface area contributed by atoms with Crippen LogP contribution in [0.1, 0.15) is 53.4 Å². The molecule has 1 aliphatic rings. The summed E-state index contributed by atoms with van der Waals surface area (Å²) in [6, 6.07) is 8.07. The molecule has 7 nitrogen and oxygen atoms in total. The number of benzene rings is 1. The average Bonchev–Trinajstić information content (AvgIpc) is 3.49. The Hall–Kier alpha value is -2.23. The van der Waals surface area contributed by atoms with Crippen LogP contribution in [0.25, 0.3) is 0 Å². The van der Waals surface area contributed by atoms with Crippen LogP contribution in [0.5, 0.6) is 5.75 Å². The van der Waals surface area contributed by atoms with Gasteiger partial charge in [0.25, 0.3) is 5.91 Å². The molecule has 1 saturated carbocycles. The molecule has 0 radical (unpaired) electrons. The van der Waals surface area contributed by atoms with Crippen molar-refractivity contribution < 1.29 is 13.9 Å². The molecule has 2 aromatic rings. The highest BCUT2D eigenvalue weighted by Crippen LogP contribution is 2.30. The highest BCUT2D eigenvalue weighted by atomic mass is 127. The van der Waals surface area contributed by atoms with Crippen LogP contribution < -0.4 is 20.7 Å². The van der Waals surface area contributed by atoms with E-state index in [1.54, 1.807) is 6.07 Å². The zero-order valence-corrected chi connectivity index (χ0v) is 21.5. The summed E-state index contributed by atoms with van der Waals surface area (Å²) in [5, 5.41) is 9.48. The van der Waals surface area contributed by atoms with E-state index in [9.17, 15) is 4.79 Å². The fourth-order valence-electron chi connectivity index (χ4n) is 3.11. The first-order valence-electron chi connectivity index (χ1n) is 11.1. The van der Waals surface area contributed by atoms with Crippen molar-refractivity contribution in [2.45, 2.75) is 46.6 Å². The van der Waals surface area contributed by atoms with Crippen LogP contribution >= 0.6 is 24.0 Å². The summed E-state index contributed by atoms with van der Waals surface area (Å²) in [4.78, 5) is 16.8. The van der Waals surface area contributed by atoms with Crippen molar-refractivity contribution in [2.24, 2.45) is 10.9 Å². The number of ether oxygens (including phenoxy) is 1. The number of halogens is 1. The third kappa shape index (κ3) is 8.37. The Morgan fingerprint density at radius 1 is 1.16 bits per heavy atom. The van der Waals surface area contributed by atoms with Gasteiger partial charge >= 0.3 is 0 Å². The fourth-order valence-corrected chi connectivity index (χ4v) is 3.11. The molecule has 1 aromatic heterocycles. The van der Waals surface area contributed by atoms with Crippen LogP contribution in [0.3, 0.4) is 0 Å². The number of aliphatic imine (C=N–C) groups is 1. The lowest BCUT2D eigenvalue weighted by atomic mass is 10.1. The van der Waals surface area contributed by atoms with Gasteiger partial charge in [0.1, 0.15) is 5.75 Å². The lowest BCUT2D eigenvalue weighted by Crippen LogP contribution is -2.38. The molecule has 32 heavy (non-hydrogen) atoms. The van der Waals surface area contributed by atoms with Gasteiger partial charge in [-0.2, -0.15) is 0 Å². The van der Waals surface area contributed by atoms with E-state index >= 15 is 0 Å². The van der Waals surface area contributed by atoms with Gasteiger partial charge in [0.2, 0.25) is 0 Å². The number of nitrogens with one attached hydrogen (secondary N) is 3. The monoisotopic (exact) mass is 554 g/mol. The van der Waals surface area contributed by atoms with E-state index in [-0.39, 0.29) is 29.9 Å². The van der Waals surface area contributed by atoms with Gasteiger partial charge in [0.05, 0.1) is 19.4 Å². The Morgan fingerprint density at radius 2 is 1.94 bits per heavy atom. The minimum atomic E-state index is -0.179. The maximum absolute atomic E-state index is 12.1. The molecule has 1 aliphatic carbocycles. The molecular formula is C24H35IN4O3. The van der Waals surface area contributed by atoms with Crippen LogP contribution in [-0.2, 0) is 6.54 Å². The number of aryl methyl sites for hydroxylation is 2. The zero-order valence-electron chi connectivity index (χ0n) is 19.2. The van der Waals surface area contributed by atoms with Gasteiger partial charge < -0.3 is 25.1 Å². The molecule has 0 unspecified atom stereocenters. The lowest BCUT2D eigenvalue weighted by Gasteiger charge is -2.14. The first-order chi connectivity index (χ1) is 15.1. The molecule has 3 N–H and O–H groups in total. The Bertz CT molecular complexity index is 893. The van der Waals surface area contributed by atoms with Crippen LogP contribution in [0, 0.1) is 19.8 Å². The molecule has 0 atom stereocenters. The first kappa shape index (κ1) is 26.0. The van der Waals surface area contributed by atoms with Gasteiger partial charge in [-0.05, 0) is 63.6 Å². The number of amides is 1. The number of hydrogen-bond donors (Lipinski definition) is 3. The molecule has 1 aromatic carbocycles. The molecule has 0 aliphatic heterocycles. The second-order valence-electron chi connectivity index (χ2n) is 8.03. The SMILES string of the molecule is CCNC(=NCc1ccc(C)cc1OCC1CC1)NCCCNC(=O)c1occc1C.I. The van der Waals surface area contributed by atoms with Gasteiger partial charge in [-0.3, -0.25) is 4.79 Å². The number of guanidine groups is 1. The summed E-state index contributed by atoms with van der Waals surface area (Å²) in [5.41, 5.74) is 3.12. The highest BCUT2D eigenvalue weighted by molar-refractivity contribution is 14.0. The number of nitrogens with zero attached hydrogens (tertiary/aromatic N) is 1. The van der Waals surface area contributed by atoms with Gasteiger partial charge in [0.15, 0.2) is 11.7 Å². The van der Waals surface area contributed by atoms with Crippen LogP contribution in [-0.4, -0.2) is 38.1 Å². The molecule has 1 heterocycles. The van der Waals surface area contributed by atoms with E-state index in [4.69, 9.17) is 14.1 Å². The van der Waals surface area contributed by atoms with Crippen molar-refractivity contribution in [3.05, 3.63) is 53.0 Å². The summed E-state index contributed by atoms with van der Waals surface area (Å²) >= 11 is 0. The largest absolute Gasteiger partial charge is 0.493 e. The molecule has 0 spiro atoms. The lowest BCUT2D eigenvalue weighted by molar-refractivity contribution is 0.0925. The molecule has 1 fully saturated rings.